The Bertz CT molecular complexity index is 996. The normalized spacial score (nSPS) is 10.6. The van der Waals surface area contributed by atoms with Crippen LogP contribution in [0.3, 0.4) is 0 Å². The molecule has 0 saturated heterocycles. The van der Waals surface area contributed by atoms with Gasteiger partial charge in [-0.05, 0) is 18.2 Å². The molecule has 5 nitrogen and oxygen atoms in total. The quantitative estimate of drug-likeness (QED) is 0.481. The van der Waals surface area contributed by atoms with Crippen LogP contribution in [-0.4, -0.2) is 22.6 Å². The molecule has 3 N–H and O–H groups in total. The van der Waals surface area contributed by atoms with Crippen molar-refractivity contribution < 1.29 is 9.59 Å². The SMILES string of the molecule is NC(=O)CSc1nc(-c2ccccc2)c(NC(=O)c2cc(Br)ccc2Cl)s1. The molecular formula is C18H13BrClN3O2S2. The zero-order valence-corrected chi connectivity index (χ0v) is 17.7. The zero-order valence-electron chi connectivity index (χ0n) is 13.7. The van der Waals surface area contributed by atoms with Crippen LogP contribution in [0.1, 0.15) is 10.4 Å². The van der Waals surface area contributed by atoms with Gasteiger partial charge in [-0.1, -0.05) is 81.0 Å². The lowest BCUT2D eigenvalue weighted by Gasteiger charge is -2.07. The van der Waals surface area contributed by atoms with Gasteiger partial charge < -0.3 is 11.1 Å². The number of anilines is 1. The molecule has 0 spiro atoms. The van der Waals surface area contributed by atoms with E-state index in [0.717, 1.165) is 10.0 Å². The zero-order chi connectivity index (χ0) is 19.4. The number of primary amides is 1. The molecule has 0 aliphatic heterocycles. The third kappa shape index (κ3) is 5.10. The summed E-state index contributed by atoms with van der Waals surface area (Å²) in [7, 11) is 0. The fourth-order valence-electron chi connectivity index (χ4n) is 2.21. The monoisotopic (exact) mass is 481 g/mol. The minimum Gasteiger partial charge on any atom is -0.369 e. The molecule has 0 aliphatic carbocycles. The van der Waals surface area contributed by atoms with Crippen LogP contribution >= 0.6 is 50.6 Å². The summed E-state index contributed by atoms with van der Waals surface area (Å²) in [6.45, 7) is 0. The largest absolute Gasteiger partial charge is 0.369 e. The number of carbonyl (C=O) groups excluding carboxylic acids is 2. The second kappa shape index (κ2) is 8.88. The molecule has 3 aromatic rings. The number of thioether (sulfide) groups is 1. The Labute approximate surface area is 177 Å². The van der Waals surface area contributed by atoms with Crippen LogP contribution in [0.4, 0.5) is 5.00 Å². The predicted octanol–water partition coefficient (Wildman–Crippen LogP) is 5.06. The number of nitrogens with two attached hydrogens (primary N) is 1. The van der Waals surface area contributed by atoms with Crippen molar-refractivity contribution in [2.24, 2.45) is 5.73 Å². The Morgan fingerprint density at radius 1 is 1.22 bits per heavy atom. The Kier molecular flexibility index (Phi) is 6.54. The first-order valence-corrected chi connectivity index (χ1v) is 10.6. The minimum atomic E-state index is -0.428. The summed E-state index contributed by atoms with van der Waals surface area (Å²) < 4.78 is 1.39. The summed E-state index contributed by atoms with van der Waals surface area (Å²) >= 11 is 12.0. The van der Waals surface area contributed by atoms with E-state index in [1.165, 1.54) is 23.1 Å². The maximum absolute atomic E-state index is 12.7. The van der Waals surface area contributed by atoms with Gasteiger partial charge in [-0.3, -0.25) is 9.59 Å². The van der Waals surface area contributed by atoms with E-state index < -0.39 is 5.91 Å². The van der Waals surface area contributed by atoms with Crippen molar-refractivity contribution in [1.29, 1.82) is 0 Å². The van der Waals surface area contributed by atoms with Gasteiger partial charge in [0, 0.05) is 10.0 Å². The molecule has 138 valence electrons. The van der Waals surface area contributed by atoms with Gasteiger partial charge in [0.05, 0.1) is 16.3 Å². The van der Waals surface area contributed by atoms with Crippen LogP contribution < -0.4 is 11.1 Å². The highest BCUT2D eigenvalue weighted by atomic mass is 79.9. The molecule has 0 fully saturated rings. The minimum absolute atomic E-state index is 0.118. The molecule has 2 aromatic carbocycles. The van der Waals surface area contributed by atoms with E-state index in [4.69, 9.17) is 17.3 Å². The first-order chi connectivity index (χ1) is 12.9. The van der Waals surface area contributed by atoms with Gasteiger partial charge in [-0.2, -0.15) is 0 Å². The van der Waals surface area contributed by atoms with Crippen LogP contribution in [0.25, 0.3) is 11.3 Å². The van der Waals surface area contributed by atoms with Gasteiger partial charge >= 0.3 is 0 Å². The first-order valence-electron chi connectivity index (χ1n) is 7.68. The van der Waals surface area contributed by atoms with E-state index in [1.54, 1.807) is 18.2 Å². The maximum atomic E-state index is 12.7. The Hall–Kier alpha value is -1.87. The van der Waals surface area contributed by atoms with Crippen LogP contribution in [0.15, 0.2) is 57.3 Å². The maximum Gasteiger partial charge on any atom is 0.257 e. The van der Waals surface area contributed by atoms with Gasteiger partial charge in [0.2, 0.25) is 5.91 Å². The van der Waals surface area contributed by atoms with Crippen LogP contribution in [-0.2, 0) is 4.79 Å². The van der Waals surface area contributed by atoms with Crippen molar-refractivity contribution in [2.75, 3.05) is 11.1 Å². The molecule has 0 saturated carbocycles. The third-order valence-corrected chi connectivity index (χ3v) is 6.35. The number of hydrogen-bond donors (Lipinski definition) is 2. The molecule has 0 bridgehead atoms. The molecule has 1 heterocycles. The van der Waals surface area contributed by atoms with E-state index in [9.17, 15) is 9.59 Å². The topological polar surface area (TPSA) is 85.1 Å². The van der Waals surface area contributed by atoms with Gasteiger partial charge in [-0.15, -0.1) is 0 Å². The van der Waals surface area contributed by atoms with Crippen molar-refractivity contribution in [1.82, 2.24) is 4.98 Å². The van der Waals surface area contributed by atoms with Crippen LogP contribution in [0, 0.1) is 0 Å². The second-order valence-corrected chi connectivity index (χ2v) is 8.90. The standard InChI is InChI=1S/C18H13BrClN3O2S2/c19-11-6-7-13(20)12(8-11)16(25)23-17-15(10-4-2-1-3-5-10)22-18(27-17)26-9-14(21)24/h1-8H,9H2,(H2,21,24)(H,23,25). The number of benzene rings is 2. The van der Waals surface area contributed by atoms with Gasteiger partial charge in [0.25, 0.3) is 5.91 Å². The van der Waals surface area contributed by atoms with Crippen LogP contribution in [0.2, 0.25) is 5.02 Å². The molecule has 27 heavy (non-hydrogen) atoms. The fourth-order valence-corrected chi connectivity index (χ4v) is 4.58. The molecule has 9 heteroatoms. The Balaban J connectivity index is 1.94. The van der Waals surface area contributed by atoms with Gasteiger partial charge in [0.1, 0.15) is 10.7 Å². The highest BCUT2D eigenvalue weighted by molar-refractivity contribution is 9.10. The summed E-state index contributed by atoms with van der Waals surface area (Å²) in [6, 6.07) is 14.6. The molecule has 0 radical (unpaired) electrons. The average Bonchev–Trinajstić information content (AvgIpc) is 3.05. The molecule has 2 amide bonds. The summed E-state index contributed by atoms with van der Waals surface area (Å²) in [6.07, 6.45) is 0. The van der Waals surface area contributed by atoms with E-state index in [1.807, 2.05) is 30.3 Å². The van der Waals surface area contributed by atoms with Crippen molar-refractivity contribution >= 4 is 67.4 Å². The predicted molar refractivity (Wildman–Crippen MR) is 115 cm³/mol. The van der Waals surface area contributed by atoms with Crippen molar-refractivity contribution in [3.8, 4) is 11.3 Å². The number of hydrogen-bond acceptors (Lipinski definition) is 5. The number of halogens is 2. The van der Waals surface area contributed by atoms with E-state index in [0.29, 0.717) is 25.6 Å². The summed E-state index contributed by atoms with van der Waals surface area (Å²) in [5.41, 5.74) is 7.05. The van der Waals surface area contributed by atoms with Crippen molar-refractivity contribution in [3.63, 3.8) is 0 Å². The lowest BCUT2D eigenvalue weighted by molar-refractivity contribution is -0.115. The van der Waals surface area contributed by atoms with Gasteiger partial charge in [0.15, 0.2) is 4.34 Å². The average molecular weight is 483 g/mol. The number of rotatable bonds is 6. The molecule has 0 aliphatic rings. The molecule has 1 aromatic heterocycles. The number of nitrogens with zero attached hydrogens (tertiary/aromatic N) is 1. The number of amides is 2. The fraction of sp³-hybridized carbons (Fsp3) is 0.0556. The lowest BCUT2D eigenvalue weighted by Crippen LogP contribution is -2.12. The number of nitrogens with one attached hydrogen (secondary N) is 1. The number of thiazole rings is 1. The Morgan fingerprint density at radius 2 is 1.96 bits per heavy atom. The van der Waals surface area contributed by atoms with Crippen molar-refractivity contribution in [3.05, 3.63) is 63.6 Å². The highest BCUT2D eigenvalue weighted by Crippen LogP contribution is 2.38. The number of carbonyl (C=O) groups is 2. The molecule has 0 atom stereocenters. The molecule has 0 unspecified atom stereocenters. The van der Waals surface area contributed by atoms with Crippen molar-refractivity contribution in [2.45, 2.75) is 4.34 Å². The summed E-state index contributed by atoms with van der Waals surface area (Å²) in [5.74, 6) is -0.649. The summed E-state index contributed by atoms with van der Waals surface area (Å²) in [4.78, 5) is 28.3. The highest BCUT2D eigenvalue weighted by Gasteiger charge is 2.18. The second-order valence-electron chi connectivity index (χ2n) is 5.36. The van der Waals surface area contributed by atoms with Gasteiger partial charge in [-0.25, -0.2) is 4.98 Å². The first kappa shape index (κ1) is 19.9. The third-order valence-electron chi connectivity index (χ3n) is 3.39. The molecular weight excluding hydrogens is 470 g/mol. The van der Waals surface area contributed by atoms with E-state index >= 15 is 0 Å². The van der Waals surface area contributed by atoms with Crippen LogP contribution in [0.5, 0.6) is 0 Å². The molecule has 3 rings (SSSR count). The lowest BCUT2D eigenvalue weighted by atomic mass is 10.1. The summed E-state index contributed by atoms with van der Waals surface area (Å²) in [5, 5.41) is 3.81. The number of aromatic nitrogens is 1. The van der Waals surface area contributed by atoms with E-state index in [-0.39, 0.29) is 11.7 Å². The van der Waals surface area contributed by atoms with E-state index in [2.05, 4.69) is 26.2 Å². The Morgan fingerprint density at radius 3 is 2.67 bits per heavy atom. The smallest absolute Gasteiger partial charge is 0.257 e.